The van der Waals surface area contributed by atoms with Crippen molar-refractivity contribution in [2.75, 3.05) is 33.7 Å². The van der Waals surface area contributed by atoms with Crippen LogP contribution in [-0.4, -0.2) is 64.5 Å². The number of pyridine rings is 1. The molecule has 0 aliphatic heterocycles. The van der Waals surface area contributed by atoms with E-state index in [9.17, 15) is 4.79 Å². The first-order valence-corrected chi connectivity index (χ1v) is 18.1. The van der Waals surface area contributed by atoms with Gasteiger partial charge in [-0.05, 0) is 73.8 Å². The number of carbonyl (C=O) groups is 1. The summed E-state index contributed by atoms with van der Waals surface area (Å²) < 4.78 is 32.5. The van der Waals surface area contributed by atoms with Gasteiger partial charge in [-0.3, -0.25) is 0 Å². The first kappa shape index (κ1) is 32.8. The molecule has 1 N–H and O–H groups in total. The van der Waals surface area contributed by atoms with Crippen molar-refractivity contribution in [1.82, 2.24) is 9.61 Å². The number of anilines is 1. The first-order valence-electron chi connectivity index (χ1n) is 15.2. The van der Waals surface area contributed by atoms with Gasteiger partial charge in [-0.25, -0.2) is 9.31 Å². The predicted molar refractivity (Wildman–Crippen MR) is 172 cm³/mol. The van der Waals surface area contributed by atoms with Crippen LogP contribution in [0.15, 0.2) is 30.3 Å². The van der Waals surface area contributed by atoms with Crippen LogP contribution < -0.4 is 14.8 Å². The lowest BCUT2D eigenvalue weighted by Crippen LogP contribution is -2.45. The van der Waals surface area contributed by atoms with Crippen LogP contribution in [0.4, 0.5) is 5.69 Å². The van der Waals surface area contributed by atoms with Gasteiger partial charge in [0.05, 0.1) is 56.5 Å². The molecule has 2 aromatic heterocycles. The number of esters is 1. The molecule has 0 bridgehead atoms. The summed E-state index contributed by atoms with van der Waals surface area (Å²) >= 11 is 0. The molecule has 1 aliphatic rings. The molecule has 0 saturated heterocycles. The molecule has 1 saturated carbocycles. The summed E-state index contributed by atoms with van der Waals surface area (Å²) in [5.74, 6) is 1.04. The Morgan fingerprint density at radius 1 is 1.07 bits per heavy atom. The van der Waals surface area contributed by atoms with Gasteiger partial charge >= 0.3 is 5.97 Å². The topological polar surface area (TPSA) is 92.6 Å². The molecule has 0 amide bonds. The van der Waals surface area contributed by atoms with Gasteiger partial charge in [-0.2, -0.15) is 5.10 Å². The van der Waals surface area contributed by atoms with E-state index in [2.05, 4.69) is 51.3 Å². The molecule has 3 aromatic rings. The maximum Gasteiger partial charge on any atom is 0.356 e. The molecule has 0 radical (unpaired) electrons. The highest BCUT2D eigenvalue weighted by Gasteiger charge is 2.42. The van der Waals surface area contributed by atoms with E-state index in [1.165, 1.54) is 7.11 Å². The molecule has 2 heterocycles. The van der Waals surface area contributed by atoms with E-state index >= 15 is 0 Å². The highest BCUT2D eigenvalue weighted by Crippen LogP contribution is 2.44. The third-order valence-electron chi connectivity index (χ3n) is 9.08. The first-order chi connectivity index (χ1) is 20.3. The minimum atomic E-state index is -2.29. The fourth-order valence-corrected chi connectivity index (χ4v) is 6.80. The number of hydrogen-bond donors (Lipinski definition) is 1. The molecular weight excluding hydrogens is 562 g/mol. The Morgan fingerprint density at radius 3 is 2.23 bits per heavy atom. The molecule has 4 rings (SSSR count). The van der Waals surface area contributed by atoms with E-state index in [0.717, 1.165) is 65.2 Å². The van der Waals surface area contributed by atoms with Crippen molar-refractivity contribution in [1.29, 1.82) is 0 Å². The van der Waals surface area contributed by atoms with Crippen molar-refractivity contribution in [3.63, 3.8) is 0 Å². The number of nitrogens with zero attached hydrogens (tertiary/aromatic N) is 2. The zero-order chi connectivity index (χ0) is 31.5. The molecule has 1 aliphatic carbocycles. The molecule has 10 heteroatoms. The number of ether oxygens (including phenoxy) is 4. The number of methoxy groups -OCH3 is 3. The summed E-state index contributed by atoms with van der Waals surface area (Å²) in [6.07, 6.45) is 4.22. The van der Waals surface area contributed by atoms with E-state index in [1.54, 1.807) is 24.8 Å². The van der Waals surface area contributed by atoms with Crippen LogP contribution in [-0.2, 0) is 20.3 Å². The second-order valence-electron chi connectivity index (χ2n) is 12.9. The third-order valence-corrected chi connectivity index (χ3v) is 13.5. The maximum atomic E-state index is 12.6. The van der Waals surface area contributed by atoms with Crippen LogP contribution in [0.3, 0.4) is 0 Å². The number of hydrogen-bond acceptors (Lipinski definition) is 8. The zero-order valence-corrected chi connectivity index (χ0v) is 28.5. The van der Waals surface area contributed by atoms with Crippen LogP contribution in [0.1, 0.15) is 79.9 Å². The van der Waals surface area contributed by atoms with E-state index in [1.807, 2.05) is 26.1 Å². The van der Waals surface area contributed by atoms with Gasteiger partial charge in [-0.15, -0.1) is 0 Å². The molecule has 9 nitrogen and oxygen atoms in total. The summed E-state index contributed by atoms with van der Waals surface area (Å²) in [6.45, 7) is 13.3. The number of benzene rings is 1. The average molecular weight is 612 g/mol. The fourth-order valence-electron chi connectivity index (χ4n) is 5.52. The lowest BCUT2D eigenvalue weighted by Gasteiger charge is -2.42. The lowest BCUT2D eigenvalue weighted by molar-refractivity contribution is -0.0709. The van der Waals surface area contributed by atoms with E-state index in [4.69, 9.17) is 28.5 Å². The molecule has 236 valence electrons. The van der Waals surface area contributed by atoms with Gasteiger partial charge in [0, 0.05) is 19.0 Å². The van der Waals surface area contributed by atoms with Gasteiger partial charge in [0.25, 0.3) is 0 Å². The van der Waals surface area contributed by atoms with Gasteiger partial charge in [0.1, 0.15) is 11.5 Å². The summed E-state index contributed by atoms with van der Waals surface area (Å²) in [5.41, 5.74) is 4.69. The highest BCUT2D eigenvalue weighted by atomic mass is 28.4. The molecule has 0 unspecified atom stereocenters. The SMILES string of the molecule is CNc1ccc(C(=O)OC)n2nc(C[C@H](OC3CCCC3)[C@H](O[Si](C)(C)C(C)(C)C)c3cc(OC)c(C)c(OC)c3)cc12. The van der Waals surface area contributed by atoms with Crippen LogP contribution in [0.5, 0.6) is 11.5 Å². The van der Waals surface area contributed by atoms with Crippen LogP contribution in [0.2, 0.25) is 18.1 Å². The lowest BCUT2D eigenvalue weighted by atomic mass is 9.98. The number of aromatic nitrogens is 2. The summed E-state index contributed by atoms with van der Waals surface area (Å²) in [7, 11) is 4.30. The van der Waals surface area contributed by atoms with Gasteiger partial charge < -0.3 is 28.7 Å². The van der Waals surface area contributed by atoms with E-state index in [0.29, 0.717) is 12.1 Å². The normalized spacial score (nSPS) is 15.9. The number of carbonyl (C=O) groups excluding carboxylic acids is 1. The summed E-state index contributed by atoms with van der Waals surface area (Å²) in [5, 5.41) is 8.10. The van der Waals surface area contributed by atoms with Gasteiger partial charge in [0.2, 0.25) is 0 Å². The van der Waals surface area contributed by atoms with Crippen LogP contribution in [0.25, 0.3) is 5.52 Å². The predicted octanol–water partition coefficient (Wildman–Crippen LogP) is 7.12. The number of rotatable bonds is 12. The summed E-state index contributed by atoms with van der Waals surface area (Å²) in [4.78, 5) is 12.6. The van der Waals surface area contributed by atoms with Crippen molar-refractivity contribution < 1.29 is 28.2 Å². The van der Waals surface area contributed by atoms with Crippen molar-refractivity contribution in [2.45, 2.75) is 96.2 Å². The van der Waals surface area contributed by atoms with Crippen LogP contribution >= 0.6 is 0 Å². The Balaban J connectivity index is 1.87. The minimum Gasteiger partial charge on any atom is -0.496 e. The smallest absolute Gasteiger partial charge is 0.356 e. The largest absolute Gasteiger partial charge is 0.496 e. The second-order valence-corrected chi connectivity index (χ2v) is 17.7. The van der Waals surface area contributed by atoms with Crippen molar-refractivity contribution in [3.05, 3.63) is 52.8 Å². The Hall–Kier alpha value is -3.08. The third kappa shape index (κ3) is 7.02. The molecule has 1 fully saturated rings. The minimum absolute atomic E-state index is 0.0256. The van der Waals surface area contributed by atoms with Crippen molar-refractivity contribution in [3.8, 4) is 11.5 Å². The molecule has 43 heavy (non-hydrogen) atoms. The number of fused-ring (bicyclic) bond motifs is 1. The molecule has 1 aromatic carbocycles. The molecule has 0 spiro atoms. The van der Waals surface area contributed by atoms with Crippen molar-refractivity contribution in [2.24, 2.45) is 0 Å². The average Bonchev–Trinajstić information content (AvgIpc) is 3.64. The monoisotopic (exact) mass is 611 g/mol. The Labute approximate surface area is 257 Å². The van der Waals surface area contributed by atoms with E-state index < -0.39 is 20.4 Å². The molecule has 2 atom stereocenters. The maximum absolute atomic E-state index is 12.6. The highest BCUT2D eigenvalue weighted by molar-refractivity contribution is 6.74. The Kier molecular flexibility index (Phi) is 10.1. The number of nitrogens with one attached hydrogen (secondary N) is 1. The van der Waals surface area contributed by atoms with Gasteiger partial charge in [0.15, 0.2) is 14.0 Å². The second kappa shape index (κ2) is 13.3. The van der Waals surface area contributed by atoms with Crippen molar-refractivity contribution >= 4 is 25.5 Å². The fraction of sp³-hybridized carbons (Fsp3) is 0.576. The van der Waals surface area contributed by atoms with Crippen LogP contribution in [0, 0.1) is 6.92 Å². The van der Waals surface area contributed by atoms with Gasteiger partial charge in [-0.1, -0.05) is 33.6 Å². The molecular formula is C33H49N3O6Si. The quantitative estimate of drug-likeness (QED) is 0.171. The Bertz CT molecular complexity index is 1400. The van der Waals surface area contributed by atoms with E-state index in [-0.39, 0.29) is 17.2 Å². The standard InChI is InChI=1S/C33H49N3O6Si/c1-21-28(38-6)17-22(18-29(21)39-7)31(42-43(9,10)33(2,3)4)30(41-24-13-11-12-14-24)20-23-19-27-25(34-5)15-16-26(32(37)40-8)36(27)35-23/h15-19,24,30-31,34H,11-14,20H2,1-10H3/t30-,31+/m0/s1. The zero-order valence-electron chi connectivity index (χ0n) is 27.5. The summed E-state index contributed by atoms with van der Waals surface area (Å²) in [6, 6.07) is 9.72. The Morgan fingerprint density at radius 2 is 1.70 bits per heavy atom.